The van der Waals surface area contributed by atoms with E-state index in [-0.39, 0.29) is 25.3 Å². The second-order valence-corrected chi connectivity index (χ2v) is 10.4. The van der Waals surface area contributed by atoms with Crippen LogP contribution < -0.4 is 16.4 Å². The third-order valence-electron chi connectivity index (χ3n) is 5.87. The van der Waals surface area contributed by atoms with Crippen molar-refractivity contribution >= 4 is 23.8 Å². The standard InChI is InChI=1S/C28H46N4O5/c1-8-10-11-17-30-25(34)24(23-19(3)13-12-14-20(23)4)32(18-9-2)26(35)21(15-16-22(29)33)31-27(36)37-28(5,6)7/h12-14,21,24H,8-11,15-18H2,1-7H3,(H2,29,33)(H,30,34)(H,31,36). The molecule has 0 radical (unpaired) electrons. The number of amides is 4. The minimum absolute atomic E-state index is 0.00871. The normalized spacial score (nSPS) is 12.8. The first-order valence-electron chi connectivity index (χ1n) is 13.2. The number of nitrogens with zero attached hydrogens (tertiary/aromatic N) is 1. The Labute approximate surface area is 221 Å². The van der Waals surface area contributed by atoms with E-state index in [2.05, 4.69) is 17.6 Å². The van der Waals surface area contributed by atoms with Crippen LogP contribution in [0.1, 0.15) is 95.9 Å². The van der Waals surface area contributed by atoms with E-state index >= 15 is 0 Å². The fourth-order valence-corrected chi connectivity index (χ4v) is 4.17. The highest BCUT2D eigenvalue weighted by Gasteiger charge is 2.37. The lowest BCUT2D eigenvalue weighted by molar-refractivity contribution is -0.142. The molecule has 1 aromatic rings. The van der Waals surface area contributed by atoms with Gasteiger partial charge in [-0.05, 0) is 70.6 Å². The van der Waals surface area contributed by atoms with Gasteiger partial charge in [-0.3, -0.25) is 14.4 Å². The predicted molar refractivity (Wildman–Crippen MR) is 145 cm³/mol. The molecule has 9 nitrogen and oxygen atoms in total. The summed E-state index contributed by atoms with van der Waals surface area (Å²) < 4.78 is 5.36. The molecular weight excluding hydrogens is 472 g/mol. The minimum atomic E-state index is -1.09. The third kappa shape index (κ3) is 10.8. The van der Waals surface area contributed by atoms with Gasteiger partial charge in [0.25, 0.3) is 0 Å². The maximum atomic E-state index is 14.0. The van der Waals surface area contributed by atoms with Gasteiger partial charge in [-0.15, -0.1) is 0 Å². The van der Waals surface area contributed by atoms with Gasteiger partial charge in [0.15, 0.2) is 0 Å². The molecule has 0 fully saturated rings. The molecule has 0 spiro atoms. The third-order valence-corrected chi connectivity index (χ3v) is 5.87. The zero-order valence-corrected chi connectivity index (χ0v) is 23.6. The average Bonchev–Trinajstić information content (AvgIpc) is 2.79. The number of unbranched alkanes of at least 4 members (excludes halogenated alkanes) is 2. The van der Waals surface area contributed by atoms with Crippen LogP contribution in [0.3, 0.4) is 0 Å². The van der Waals surface area contributed by atoms with Gasteiger partial charge in [-0.2, -0.15) is 0 Å². The Morgan fingerprint density at radius 1 is 1.03 bits per heavy atom. The van der Waals surface area contributed by atoms with Crippen LogP contribution in [0.4, 0.5) is 4.79 Å². The first-order valence-corrected chi connectivity index (χ1v) is 13.2. The maximum absolute atomic E-state index is 14.0. The number of alkyl carbamates (subject to hydrolysis) is 1. The van der Waals surface area contributed by atoms with E-state index in [1.165, 1.54) is 4.90 Å². The van der Waals surface area contributed by atoms with Gasteiger partial charge in [-0.25, -0.2) is 4.79 Å². The van der Waals surface area contributed by atoms with E-state index in [9.17, 15) is 19.2 Å². The molecule has 1 rings (SSSR count). The van der Waals surface area contributed by atoms with Crippen molar-refractivity contribution < 1.29 is 23.9 Å². The van der Waals surface area contributed by atoms with Crippen molar-refractivity contribution in [2.24, 2.45) is 5.73 Å². The molecule has 0 saturated carbocycles. The highest BCUT2D eigenvalue weighted by Crippen LogP contribution is 2.29. The Morgan fingerprint density at radius 2 is 1.65 bits per heavy atom. The molecule has 4 N–H and O–H groups in total. The van der Waals surface area contributed by atoms with E-state index in [1.54, 1.807) is 20.8 Å². The lowest BCUT2D eigenvalue weighted by Crippen LogP contribution is -2.53. The second kappa shape index (κ2) is 15.2. The number of carbonyl (C=O) groups is 4. The molecule has 4 amide bonds. The van der Waals surface area contributed by atoms with E-state index in [4.69, 9.17) is 10.5 Å². The lowest BCUT2D eigenvalue weighted by Gasteiger charge is -2.35. The van der Waals surface area contributed by atoms with Crippen molar-refractivity contribution in [2.75, 3.05) is 13.1 Å². The van der Waals surface area contributed by atoms with Crippen molar-refractivity contribution in [3.63, 3.8) is 0 Å². The molecule has 1 aromatic carbocycles. The van der Waals surface area contributed by atoms with Gasteiger partial charge in [0, 0.05) is 19.5 Å². The summed E-state index contributed by atoms with van der Waals surface area (Å²) in [5.74, 6) is -1.34. The average molecular weight is 519 g/mol. The molecule has 9 heteroatoms. The Hall–Kier alpha value is -3.10. The summed E-state index contributed by atoms with van der Waals surface area (Å²) in [5, 5.41) is 5.62. The molecule has 208 valence electrons. The predicted octanol–water partition coefficient (Wildman–Crippen LogP) is 4.05. The molecule has 0 aliphatic carbocycles. The van der Waals surface area contributed by atoms with E-state index < -0.39 is 35.6 Å². The van der Waals surface area contributed by atoms with Gasteiger partial charge < -0.3 is 26.0 Å². The Balaban J connectivity index is 3.47. The number of nitrogens with two attached hydrogens (primary N) is 1. The SMILES string of the molecule is CCCCCNC(=O)C(c1c(C)cccc1C)N(CCC)C(=O)C(CCC(N)=O)NC(=O)OC(C)(C)C. The highest BCUT2D eigenvalue weighted by molar-refractivity contribution is 5.93. The summed E-state index contributed by atoms with van der Waals surface area (Å²) in [4.78, 5) is 53.3. The van der Waals surface area contributed by atoms with Crippen LogP contribution in [0, 0.1) is 13.8 Å². The monoisotopic (exact) mass is 518 g/mol. The number of rotatable bonds is 14. The molecule has 2 unspecified atom stereocenters. The van der Waals surface area contributed by atoms with Gasteiger partial charge in [0.2, 0.25) is 17.7 Å². The number of hydrogen-bond acceptors (Lipinski definition) is 5. The van der Waals surface area contributed by atoms with Crippen LogP contribution in [-0.4, -0.2) is 53.4 Å². The van der Waals surface area contributed by atoms with Gasteiger partial charge in [0.1, 0.15) is 17.7 Å². The van der Waals surface area contributed by atoms with Crippen molar-refractivity contribution in [1.29, 1.82) is 0 Å². The van der Waals surface area contributed by atoms with Crippen molar-refractivity contribution in [3.05, 3.63) is 34.9 Å². The first-order chi connectivity index (χ1) is 17.3. The molecule has 0 saturated heterocycles. The Bertz CT molecular complexity index is 905. The molecule has 0 aliphatic rings. The van der Waals surface area contributed by atoms with E-state index in [1.807, 2.05) is 39.0 Å². The number of aryl methyl sites for hydroxylation is 2. The molecule has 37 heavy (non-hydrogen) atoms. The lowest BCUT2D eigenvalue weighted by atomic mass is 9.93. The highest BCUT2D eigenvalue weighted by atomic mass is 16.6. The summed E-state index contributed by atoms with van der Waals surface area (Å²) in [5.41, 5.74) is 7.10. The summed E-state index contributed by atoms with van der Waals surface area (Å²) in [6.07, 6.45) is 2.54. The second-order valence-electron chi connectivity index (χ2n) is 10.4. The smallest absolute Gasteiger partial charge is 0.408 e. The number of primary amides is 1. The van der Waals surface area contributed by atoms with E-state index in [0.717, 1.165) is 36.0 Å². The zero-order valence-electron chi connectivity index (χ0n) is 23.6. The van der Waals surface area contributed by atoms with Crippen molar-refractivity contribution in [3.8, 4) is 0 Å². The Morgan fingerprint density at radius 3 is 2.16 bits per heavy atom. The first kappa shape index (κ1) is 31.9. The van der Waals surface area contributed by atoms with Gasteiger partial charge >= 0.3 is 6.09 Å². The van der Waals surface area contributed by atoms with Crippen LogP contribution in [-0.2, 0) is 19.1 Å². The minimum Gasteiger partial charge on any atom is -0.444 e. The fraction of sp³-hybridized carbons (Fsp3) is 0.643. The quantitative estimate of drug-likeness (QED) is 0.320. The number of hydrogen-bond donors (Lipinski definition) is 3. The van der Waals surface area contributed by atoms with Crippen molar-refractivity contribution in [2.45, 2.75) is 105 Å². The van der Waals surface area contributed by atoms with Crippen LogP contribution in [0.2, 0.25) is 0 Å². The number of nitrogens with one attached hydrogen (secondary N) is 2. The largest absolute Gasteiger partial charge is 0.444 e. The van der Waals surface area contributed by atoms with Crippen molar-refractivity contribution in [1.82, 2.24) is 15.5 Å². The van der Waals surface area contributed by atoms with Crippen LogP contribution in [0.15, 0.2) is 18.2 Å². The summed E-state index contributed by atoms with van der Waals surface area (Å²) in [6, 6.07) is 3.76. The van der Waals surface area contributed by atoms with Gasteiger partial charge in [0.05, 0.1) is 0 Å². The van der Waals surface area contributed by atoms with E-state index in [0.29, 0.717) is 13.0 Å². The van der Waals surface area contributed by atoms with Crippen LogP contribution in [0.5, 0.6) is 0 Å². The molecule has 0 bridgehead atoms. The summed E-state index contributed by atoms with van der Waals surface area (Å²) >= 11 is 0. The number of benzene rings is 1. The zero-order chi connectivity index (χ0) is 28.2. The molecular formula is C28H46N4O5. The topological polar surface area (TPSA) is 131 Å². The molecule has 2 atom stereocenters. The molecule has 0 aliphatic heterocycles. The molecule has 0 heterocycles. The summed E-state index contributed by atoms with van der Waals surface area (Å²) in [7, 11) is 0. The number of ether oxygens (including phenoxy) is 1. The summed E-state index contributed by atoms with van der Waals surface area (Å²) in [6.45, 7) is 13.8. The number of carbonyl (C=O) groups excluding carboxylic acids is 4. The fourth-order valence-electron chi connectivity index (χ4n) is 4.17. The van der Waals surface area contributed by atoms with Crippen LogP contribution in [0.25, 0.3) is 0 Å². The van der Waals surface area contributed by atoms with Crippen LogP contribution >= 0.6 is 0 Å². The Kier molecular flexibility index (Phi) is 13.1. The maximum Gasteiger partial charge on any atom is 0.408 e. The molecule has 0 aromatic heterocycles. The van der Waals surface area contributed by atoms with Gasteiger partial charge in [-0.1, -0.05) is 44.9 Å².